The van der Waals surface area contributed by atoms with Gasteiger partial charge in [0.1, 0.15) is 0 Å². The summed E-state index contributed by atoms with van der Waals surface area (Å²) in [5.41, 5.74) is 2.45. The molecule has 0 atom stereocenters. The molecule has 0 spiro atoms. The van der Waals surface area contributed by atoms with Crippen molar-refractivity contribution in [2.24, 2.45) is 4.99 Å². The number of aliphatic imine (C=N–C) groups is 1. The van der Waals surface area contributed by atoms with Crippen molar-refractivity contribution in [2.45, 2.75) is 0 Å². The number of hydrogen-bond donors (Lipinski definition) is 2. The first-order valence-electron chi connectivity index (χ1n) is 4.01. The van der Waals surface area contributed by atoms with Crippen molar-refractivity contribution in [1.82, 2.24) is 10.6 Å². The van der Waals surface area contributed by atoms with Gasteiger partial charge in [-0.2, -0.15) is 0 Å². The van der Waals surface area contributed by atoms with Crippen LogP contribution in [0.5, 0.6) is 0 Å². The van der Waals surface area contributed by atoms with Crippen LogP contribution in [-0.2, 0) is 0 Å². The molecule has 2 aliphatic heterocycles. The van der Waals surface area contributed by atoms with Crippen LogP contribution < -0.4 is 10.6 Å². The van der Waals surface area contributed by atoms with E-state index >= 15 is 0 Å². The van der Waals surface area contributed by atoms with Crippen molar-refractivity contribution in [3.05, 3.63) is 35.7 Å². The summed E-state index contributed by atoms with van der Waals surface area (Å²) < 4.78 is 0. The second-order valence-electron chi connectivity index (χ2n) is 2.69. The molecule has 0 amide bonds. The number of hydrogen-bond acceptors (Lipinski definition) is 3. The molecule has 0 aromatic rings. The van der Waals surface area contributed by atoms with Gasteiger partial charge in [0, 0.05) is 24.7 Å². The van der Waals surface area contributed by atoms with Gasteiger partial charge in [-0.15, -0.1) is 0 Å². The molecule has 0 unspecified atom stereocenters. The standard InChI is InChI=1S/C9H11N3/c1-2-9-8(3-5-10-4-1)6-11-7-12-9/h1-5,11-12H,6-7H2/b2-1?,4-1+,5-3?,8-3-,9-2+,10-4?,10-5+. The minimum Gasteiger partial charge on any atom is -0.372 e. The van der Waals surface area contributed by atoms with Crippen molar-refractivity contribution in [3.63, 3.8) is 0 Å². The van der Waals surface area contributed by atoms with E-state index in [1.54, 1.807) is 6.20 Å². The molecule has 3 nitrogen and oxygen atoms in total. The molecule has 0 aromatic heterocycles. The van der Waals surface area contributed by atoms with Crippen LogP contribution in [0, 0.1) is 0 Å². The van der Waals surface area contributed by atoms with Gasteiger partial charge in [-0.1, -0.05) is 0 Å². The van der Waals surface area contributed by atoms with Crippen molar-refractivity contribution in [2.75, 3.05) is 13.2 Å². The molecule has 0 aromatic carbocycles. The average molecular weight is 161 g/mol. The Morgan fingerprint density at radius 1 is 1.33 bits per heavy atom. The van der Waals surface area contributed by atoms with E-state index in [4.69, 9.17) is 0 Å². The summed E-state index contributed by atoms with van der Waals surface area (Å²) >= 11 is 0. The molecule has 0 saturated carbocycles. The third-order valence-corrected chi connectivity index (χ3v) is 1.86. The summed E-state index contributed by atoms with van der Waals surface area (Å²) in [7, 11) is 0. The minimum atomic E-state index is 0.841. The van der Waals surface area contributed by atoms with E-state index in [9.17, 15) is 0 Å². The molecule has 0 radical (unpaired) electrons. The number of allylic oxidation sites excluding steroid dienone is 3. The van der Waals surface area contributed by atoms with E-state index in [2.05, 4.69) is 15.6 Å². The summed E-state index contributed by atoms with van der Waals surface area (Å²) in [6.07, 6.45) is 9.60. The average Bonchev–Trinajstić information content (AvgIpc) is 2.06. The van der Waals surface area contributed by atoms with Crippen molar-refractivity contribution in [1.29, 1.82) is 0 Å². The predicted molar refractivity (Wildman–Crippen MR) is 49.8 cm³/mol. The van der Waals surface area contributed by atoms with Gasteiger partial charge in [-0.25, -0.2) is 0 Å². The van der Waals surface area contributed by atoms with Crippen molar-refractivity contribution >= 4 is 6.21 Å². The molecule has 2 aliphatic rings. The van der Waals surface area contributed by atoms with Crippen molar-refractivity contribution < 1.29 is 0 Å². The molecule has 0 aliphatic carbocycles. The quantitative estimate of drug-likeness (QED) is 0.544. The van der Waals surface area contributed by atoms with Gasteiger partial charge in [0.15, 0.2) is 0 Å². The van der Waals surface area contributed by atoms with Gasteiger partial charge in [0.25, 0.3) is 0 Å². The first kappa shape index (κ1) is 7.31. The van der Waals surface area contributed by atoms with Crippen LogP contribution >= 0.6 is 0 Å². The SMILES string of the molecule is C1=C2/CNCN/C2=C/C=C/N=C/1. The first-order chi connectivity index (χ1) is 5.97. The van der Waals surface area contributed by atoms with Gasteiger partial charge in [-0.05, 0) is 23.8 Å². The lowest BCUT2D eigenvalue weighted by Gasteiger charge is -2.21. The molecule has 0 bridgehead atoms. The maximum atomic E-state index is 4.04. The van der Waals surface area contributed by atoms with Crippen LogP contribution in [0.3, 0.4) is 0 Å². The van der Waals surface area contributed by atoms with Crippen molar-refractivity contribution in [3.8, 4) is 0 Å². The topological polar surface area (TPSA) is 36.4 Å². The lowest BCUT2D eigenvalue weighted by atomic mass is 10.1. The summed E-state index contributed by atoms with van der Waals surface area (Å²) in [5.74, 6) is 0. The fraction of sp³-hybridized carbons (Fsp3) is 0.222. The van der Waals surface area contributed by atoms with Crippen LogP contribution in [0.2, 0.25) is 0 Å². The van der Waals surface area contributed by atoms with Crippen LogP contribution in [0.4, 0.5) is 0 Å². The highest BCUT2D eigenvalue weighted by Gasteiger charge is 2.08. The van der Waals surface area contributed by atoms with Gasteiger partial charge >= 0.3 is 0 Å². The monoisotopic (exact) mass is 161 g/mol. The van der Waals surface area contributed by atoms with E-state index in [0.29, 0.717) is 0 Å². The second-order valence-corrected chi connectivity index (χ2v) is 2.69. The molecule has 2 rings (SSSR count). The number of fused-ring (bicyclic) bond motifs is 1. The predicted octanol–water partition coefficient (Wildman–Crippen LogP) is 0.545. The van der Waals surface area contributed by atoms with Crippen LogP contribution in [0.1, 0.15) is 0 Å². The highest BCUT2D eigenvalue weighted by molar-refractivity contribution is 5.74. The highest BCUT2D eigenvalue weighted by atomic mass is 15.1. The molecule has 12 heavy (non-hydrogen) atoms. The third kappa shape index (κ3) is 1.46. The fourth-order valence-corrected chi connectivity index (χ4v) is 1.25. The molecule has 3 heteroatoms. The Kier molecular flexibility index (Phi) is 2.05. The fourth-order valence-electron chi connectivity index (χ4n) is 1.25. The Bertz CT molecular complexity index is 254. The van der Waals surface area contributed by atoms with E-state index in [-0.39, 0.29) is 0 Å². The molecule has 2 heterocycles. The number of rotatable bonds is 0. The van der Waals surface area contributed by atoms with E-state index in [1.165, 1.54) is 11.3 Å². The zero-order valence-corrected chi connectivity index (χ0v) is 6.75. The Balaban J connectivity index is 2.28. The normalized spacial score (nSPS) is 35.3. The maximum Gasteiger partial charge on any atom is 0.0655 e. The summed E-state index contributed by atoms with van der Waals surface area (Å²) in [6.45, 7) is 1.76. The Morgan fingerprint density at radius 2 is 2.33 bits per heavy atom. The third-order valence-electron chi connectivity index (χ3n) is 1.86. The van der Waals surface area contributed by atoms with Gasteiger partial charge in [0.2, 0.25) is 0 Å². The van der Waals surface area contributed by atoms with E-state index in [0.717, 1.165) is 13.2 Å². The number of nitrogens with zero attached hydrogens (tertiary/aromatic N) is 1. The van der Waals surface area contributed by atoms with Gasteiger partial charge in [0.05, 0.1) is 6.67 Å². The molecular weight excluding hydrogens is 150 g/mol. The molecular formula is C9H11N3. The first-order valence-corrected chi connectivity index (χ1v) is 4.01. The van der Waals surface area contributed by atoms with Crippen LogP contribution in [0.15, 0.2) is 40.7 Å². The lowest BCUT2D eigenvalue weighted by Crippen LogP contribution is -2.37. The summed E-state index contributed by atoms with van der Waals surface area (Å²) in [5, 5.41) is 6.48. The molecule has 1 fully saturated rings. The van der Waals surface area contributed by atoms with Crippen LogP contribution in [-0.4, -0.2) is 19.4 Å². The summed E-state index contributed by atoms with van der Waals surface area (Å²) in [4.78, 5) is 4.04. The Labute approximate surface area is 71.6 Å². The largest absolute Gasteiger partial charge is 0.372 e. The molecule has 2 N–H and O–H groups in total. The van der Waals surface area contributed by atoms with Gasteiger partial charge < -0.3 is 5.32 Å². The smallest absolute Gasteiger partial charge is 0.0655 e. The zero-order chi connectivity index (χ0) is 8.23. The van der Waals surface area contributed by atoms with E-state index < -0.39 is 0 Å². The minimum absolute atomic E-state index is 0.841. The van der Waals surface area contributed by atoms with Crippen LogP contribution in [0.25, 0.3) is 0 Å². The molecule has 62 valence electrons. The zero-order valence-electron chi connectivity index (χ0n) is 6.75. The Morgan fingerprint density at radius 3 is 3.33 bits per heavy atom. The summed E-state index contributed by atoms with van der Waals surface area (Å²) in [6, 6.07) is 0. The molecule has 1 saturated heterocycles. The number of nitrogens with one attached hydrogen (secondary N) is 2. The lowest BCUT2D eigenvalue weighted by molar-refractivity contribution is 0.622. The second kappa shape index (κ2) is 3.36. The van der Waals surface area contributed by atoms with E-state index in [1.807, 2.05) is 24.4 Å². The highest BCUT2D eigenvalue weighted by Crippen LogP contribution is 2.09. The Hall–Kier alpha value is -1.35. The maximum absolute atomic E-state index is 4.04. The van der Waals surface area contributed by atoms with Gasteiger partial charge in [-0.3, -0.25) is 10.3 Å².